The molecular formula is C21H26N2O2. The average molecular weight is 338 g/mol. The van der Waals surface area contributed by atoms with E-state index in [9.17, 15) is 4.79 Å². The van der Waals surface area contributed by atoms with Crippen molar-refractivity contribution >= 4 is 12.2 Å². The Morgan fingerprint density at radius 3 is 2.32 bits per heavy atom. The third kappa shape index (κ3) is 4.83. The Morgan fingerprint density at radius 2 is 1.68 bits per heavy atom. The number of para-hydroxylation sites is 1. The number of rotatable bonds is 7. The maximum Gasteiger partial charge on any atom is 0.293 e. The van der Waals surface area contributed by atoms with Gasteiger partial charge in [0.15, 0.2) is 0 Å². The van der Waals surface area contributed by atoms with E-state index in [2.05, 4.69) is 71.3 Å². The number of nitrogens with zero attached hydrogens (tertiary/aromatic N) is 2. The third-order valence-electron chi connectivity index (χ3n) is 4.87. The molecule has 0 spiro atoms. The number of hydrogen-bond donors (Lipinski definition) is 0. The van der Waals surface area contributed by atoms with Crippen LogP contribution >= 0.6 is 0 Å². The van der Waals surface area contributed by atoms with E-state index in [1.54, 1.807) is 0 Å². The number of hydrogen-bond acceptors (Lipinski definition) is 4. The third-order valence-corrected chi connectivity index (χ3v) is 4.87. The summed E-state index contributed by atoms with van der Waals surface area (Å²) in [5.74, 6) is 0. The first-order chi connectivity index (χ1) is 12.3. The molecule has 4 heteroatoms. The summed E-state index contributed by atoms with van der Waals surface area (Å²) >= 11 is 0. The van der Waals surface area contributed by atoms with Crippen molar-refractivity contribution in [3.8, 4) is 0 Å². The first kappa shape index (κ1) is 17.5. The zero-order valence-electron chi connectivity index (χ0n) is 14.8. The van der Waals surface area contributed by atoms with Crippen LogP contribution in [0.25, 0.3) is 0 Å². The molecule has 0 bridgehead atoms. The lowest BCUT2D eigenvalue weighted by atomic mass is 10.0. The van der Waals surface area contributed by atoms with Crippen LogP contribution in [-0.2, 0) is 9.53 Å². The summed E-state index contributed by atoms with van der Waals surface area (Å²) in [5, 5.41) is 0. The van der Waals surface area contributed by atoms with E-state index in [1.807, 2.05) is 0 Å². The Hall–Kier alpha value is -2.33. The summed E-state index contributed by atoms with van der Waals surface area (Å²) in [5.41, 5.74) is 3.58. The van der Waals surface area contributed by atoms with E-state index in [1.165, 1.54) is 11.3 Å². The van der Waals surface area contributed by atoms with E-state index in [0.717, 1.165) is 44.7 Å². The van der Waals surface area contributed by atoms with Crippen LogP contribution < -0.4 is 4.90 Å². The van der Waals surface area contributed by atoms with Gasteiger partial charge in [-0.15, -0.1) is 0 Å². The zero-order chi connectivity index (χ0) is 17.5. The highest BCUT2D eigenvalue weighted by Crippen LogP contribution is 2.22. The molecule has 1 saturated heterocycles. The molecule has 0 saturated carbocycles. The summed E-state index contributed by atoms with van der Waals surface area (Å²) in [6, 6.07) is 18.8. The van der Waals surface area contributed by atoms with Crippen molar-refractivity contribution in [3.05, 3.63) is 65.7 Å². The molecule has 1 heterocycles. The molecule has 0 aliphatic carbocycles. The highest BCUT2D eigenvalue weighted by molar-refractivity contribution is 5.46. The maximum absolute atomic E-state index is 10.9. The first-order valence-electron chi connectivity index (χ1n) is 8.94. The normalized spacial score (nSPS) is 16.4. The molecule has 4 nitrogen and oxygen atoms in total. The largest absolute Gasteiger partial charge is 0.460 e. The van der Waals surface area contributed by atoms with Gasteiger partial charge in [-0.05, 0) is 24.6 Å². The molecular weight excluding hydrogens is 312 g/mol. The molecule has 0 radical (unpaired) electrons. The number of aryl methyl sites for hydroxylation is 1. The number of benzene rings is 2. The van der Waals surface area contributed by atoms with Crippen molar-refractivity contribution in [3.63, 3.8) is 0 Å². The molecule has 1 unspecified atom stereocenters. The van der Waals surface area contributed by atoms with Crippen LogP contribution in [0.3, 0.4) is 0 Å². The second-order valence-corrected chi connectivity index (χ2v) is 6.58. The fraction of sp³-hybridized carbons (Fsp3) is 0.381. The predicted octanol–water partition coefficient (Wildman–Crippen LogP) is 3.42. The Bertz CT molecular complexity index is 649. The summed E-state index contributed by atoms with van der Waals surface area (Å²) in [4.78, 5) is 15.7. The minimum Gasteiger partial charge on any atom is -0.460 e. The topological polar surface area (TPSA) is 32.8 Å². The molecule has 1 aliphatic heterocycles. The van der Waals surface area contributed by atoms with Gasteiger partial charge in [0.05, 0.1) is 0 Å². The smallest absolute Gasteiger partial charge is 0.293 e. The second-order valence-electron chi connectivity index (χ2n) is 6.58. The summed E-state index contributed by atoms with van der Waals surface area (Å²) in [7, 11) is 0. The van der Waals surface area contributed by atoms with Gasteiger partial charge in [-0.25, -0.2) is 0 Å². The van der Waals surface area contributed by atoms with Gasteiger partial charge in [0, 0.05) is 44.8 Å². The number of carbonyl (C=O) groups excluding carboxylic acids is 1. The highest BCUT2D eigenvalue weighted by atomic mass is 16.5. The molecule has 0 aromatic heterocycles. The van der Waals surface area contributed by atoms with Crippen molar-refractivity contribution in [2.24, 2.45) is 0 Å². The number of ether oxygens (including phenoxy) is 1. The summed E-state index contributed by atoms with van der Waals surface area (Å²) in [6.07, 6.45) is 0.665. The molecule has 25 heavy (non-hydrogen) atoms. The van der Waals surface area contributed by atoms with Gasteiger partial charge in [-0.1, -0.05) is 48.0 Å². The molecule has 1 atom stereocenters. The van der Waals surface area contributed by atoms with E-state index in [0.29, 0.717) is 6.47 Å². The Morgan fingerprint density at radius 1 is 1.00 bits per heavy atom. The van der Waals surface area contributed by atoms with E-state index in [-0.39, 0.29) is 6.10 Å². The Labute approximate surface area is 150 Å². The van der Waals surface area contributed by atoms with Crippen molar-refractivity contribution in [2.75, 3.05) is 37.6 Å². The maximum atomic E-state index is 10.9. The number of piperazine rings is 1. The van der Waals surface area contributed by atoms with Crippen molar-refractivity contribution < 1.29 is 9.53 Å². The van der Waals surface area contributed by atoms with Gasteiger partial charge in [0.2, 0.25) is 0 Å². The van der Waals surface area contributed by atoms with Crippen molar-refractivity contribution in [1.82, 2.24) is 4.90 Å². The lowest BCUT2D eigenvalue weighted by Crippen LogP contribution is -2.46. The number of anilines is 1. The first-order valence-corrected chi connectivity index (χ1v) is 8.94. The van der Waals surface area contributed by atoms with Gasteiger partial charge >= 0.3 is 0 Å². The fourth-order valence-corrected chi connectivity index (χ4v) is 3.33. The fourth-order valence-electron chi connectivity index (χ4n) is 3.33. The summed E-state index contributed by atoms with van der Waals surface area (Å²) in [6.45, 7) is 7.72. The standard InChI is InChI=1S/C21H26N2O2/c1-18-7-9-19(10-8-18)21(25-17-24)11-12-22-13-15-23(16-14-22)20-5-3-2-4-6-20/h2-10,17,21H,11-16H2,1H3. The van der Waals surface area contributed by atoms with Gasteiger partial charge < -0.3 is 9.64 Å². The number of carbonyl (C=O) groups is 1. The molecule has 2 aromatic rings. The van der Waals surface area contributed by atoms with Crippen molar-refractivity contribution in [2.45, 2.75) is 19.4 Å². The minimum absolute atomic E-state index is 0.162. The van der Waals surface area contributed by atoms with Crippen LogP contribution in [0, 0.1) is 6.92 Å². The van der Waals surface area contributed by atoms with E-state index < -0.39 is 0 Å². The zero-order valence-corrected chi connectivity index (χ0v) is 14.8. The van der Waals surface area contributed by atoms with Gasteiger partial charge in [-0.3, -0.25) is 9.69 Å². The molecule has 0 amide bonds. The molecule has 1 aliphatic rings. The van der Waals surface area contributed by atoms with Crippen LogP contribution in [0.15, 0.2) is 54.6 Å². The second kappa shape index (κ2) is 8.67. The van der Waals surface area contributed by atoms with Crippen LogP contribution in [0.5, 0.6) is 0 Å². The SMILES string of the molecule is Cc1ccc(C(CCN2CCN(c3ccccc3)CC2)OC=O)cc1. The monoisotopic (exact) mass is 338 g/mol. The average Bonchev–Trinajstić information content (AvgIpc) is 2.67. The molecule has 132 valence electrons. The molecule has 2 aromatic carbocycles. The summed E-state index contributed by atoms with van der Waals surface area (Å²) < 4.78 is 5.33. The molecule has 1 fully saturated rings. The predicted molar refractivity (Wildman–Crippen MR) is 101 cm³/mol. The van der Waals surface area contributed by atoms with E-state index in [4.69, 9.17) is 4.74 Å². The van der Waals surface area contributed by atoms with Crippen molar-refractivity contribution in [1.29, 1.82) is 0 Å². The van der Waals surface area contributed by atoms with Crippen LogP contribution in [0.4, 0.5) is 5.69 Å². The van der Waals surface area contributed by atoms with E-state index >= 15 is 0 Å². The minimum atomic E-state index is -0.162. The van der Waals surface area contributed by atoms with Gasteiger partial charge in [0.25, 0.3) is 6.47 Å². The Balaban J connectivity index is 1.50. The Kier molecular flexibility index (Phi) is 6.07. The molecule has 3 rings (SSSR count). The van der Waals surface area contributed by atoms with Crippen LogP contribution in [0.1, 0.15) is 23.7 Å². The van der Waals surface area contributed by atoms with Gasteiger partial charge in [0.1, 0.15) is 6.10 Å². The lowest BCUT2D eigenvalue weighted by Gasteiger charge is -2.36. The van der Waals surface area contributed by atoms with Crippen LogP contribution in [0.2, 0.25) is 0 Å². The lowest BCUT2D eigenvalue weighted by molar-refractivity contribution is -0.134. The quantitative estimate of drug-likeness (QED) is 0.724. The molecule has 0 N–H and O–H groups in total. The van der Waals surface area contributed by atoms with Gasteiger partial charge in [-0.2, -0.15) is 0 Å². The van der Waals surface area contributed by atoms with Crippen LogP contribution in [-0.4, -0.2) is 44.1 Å². The highest BCUT2D eigenvalue weighted by Gasteiger charge is 2.19.